The van der Waals surface area contributed by atoms with Gasteiger partial charge in [0, 0.05) is 25.7 Å². The minimum atomic E-state index is -2.85. The van der Waals surface area contributed by atoms with E-state index >= 15 is 0 Å². The molecule has 0 aliphatic carbocycles. The van der Waals surface area contributed by atoms with Gasteiger partial charge in [-0.15, -0.1) is 0 Å². The van der Waals surface area contributed by atoms with Crippen LogP contribution in [-0.2, 0) is 6.54 Å². The number of nitrogens with zero attached hydrogens (tertiary/aromatic N) is 1. The molecule has 1 unspecified atom stereocenters. The molecule has 2 N–H and O–H groups in total. The van der Waals surface area contributed by atoms with Crippen LogP contribution in [0.4, 0.5) is 8.78 Å². The molecule has 1 atom stereocenters. The van der Waals surface area contributed by atoms with Gasteiger partial charge >= 0.3 is 6.61 Å². The molecule has 1 aliphatic rings. The first-order valence-corrected chi connectivity index (χ1v) is 6.18. The van der Waals surface area contributed by atoms with Crippen molar-refractivity contribution < 1.29 is 18.3 Å². The molecule has 0 spiro atoms. The highest BCUT2D eigenvalue weighted by atomic mass is 19.3. The number of hydrogen-bond donors (Lipinski definition) is 1. The molecule has 106 valence electrons. The minimum Gasteiger partial charge on any atom is -0.493 e. The maximum absolute atomic E-state index is 12.2. The van der Waals surface area contributed by atoms with E-state index in [4.69, 9.17) is 10.5 Å². The van der Waals surface area contributed by atoms with Gasteiger partial charge in [-0.2, -0.15) is 8.78 Å². The number of likely N-dealkylation sites (tertiary alicyclic amines) is 1. The van der Waals surface area contributed by atoms with Gasteiger partial charge in [0.1, 0.15) is 0 Å². The van der Waals surface area contributed by atoms with Gasteiger partial charge in [-0.3, -0.25) is 4.90 Å². The second kappa shape index (κ2) is 6.16. The zero-order chi connectivity index (χ0) is 13.8. The lowest BCUT2D eigenvalue weighted by Crippen LogP contribution is -2.26. The highest BCUT2D eigenvalue weighted by Gasteiger charge is 2.19. The number of hydrogen-bond acceptors (Lipinski definition) is 4. The summed E-state index contributed by atoms with van der Waals surface area (Å²) in [7, 11) is 1.43. The zero-order valence-electron chi connectivity index (χ0n) is 10.8. The maximum Gasteiger partial charge on any atom is 0.387 e. The molecule has 1 aromatic carbocycles. The number of ether oxygens (including phenoxy) is 2. The summed E-state index contributed by atoms with van der Waals surface area (Å²) in [6, 6.07) is 5.23. The topological polar surface area (TPSA) is 47.7 Å². The third-order valence-corrected chi connectivity index (χ3v) is 3.16. The summed E-state index contributed by atoms with van der Waals surface area (Å²) in [5, 5.41) is 0. The van der Waals surface area contributed by atoms with Gasteiger partial charge in [0.2, 0.25) is 0 Å². The predicted octanol–water partition coefficient (Wildman–Crippen LogP) is 1.83. The summed E-state index contributed by atoms with van der Waals surface area (Å²) < 4.78 is 33.9. The molecule has 2 rings (SSSR count). The molecular weight excluding hydrogens is 254 g/mol. The Morgan fingerprint density at radius 2 is 2.21 bits per heavy atom. The van der Waals surface area contributed by atoms with Crippen molar-refractivity contribution >= 4 is 0 Å². The second-order valence-corrected chi connectivity index (χ2v) is 4.65. The Kier molecular flexibility index (Phi) is 4.55. The average molecular weight is 272 g/mol. The quantitative estimate of drug-likeness (QED) is 0.888. The summed E-state index contributed by atoms with van der Waals surface area (Å²) in [5.74, 6) is 0.376. The van der Waals surface area contributed by atoms with Gasteiger partial charge in [-0.25, -0.2) is 0 Å². The van der Waals surface area contributed by atoms with E-state index in [0.717, 1.165) is 31.6 Å². The summed E-state index contributed by atoms with van der Waals surface area (Å²) in [6.45, 7) is -0.300. The van der Waals surface area contributed by atoms with Crippen LogP contribution in [0, 0.1) is 0 Å². The molecular formula is C13H18F2N2O2. The molecule has 19 heavy (non-hydrogen) atoms. The number of nitrogens with two attached hydrogens (primary N) is 1. The number of methoxy groups -OCH3 is 1. The van der Waals surface area contributed by atoms with E-state index in [9.17, 15) is 8.78 Å². The molecule has 0 bridgehead atoms. The fourth-order valence-corrected chi connectivity index (χ4v) is 2.27. The Labute approximate surface area is 111 Å². The molecule has 1 fully saturated rings. The van der Waals surface area contributed by atoms with Gasteiger partial charge in [-0.1, -0.05) is 6.07 Å². The second-order valence-electron chi connectivity index (χ2n) is 4.65. The Morgan fingerprint density at radius 1 is 1.42 bits per heavy atom. The first kappa shape index (κ1) is 14.0. The number of alkyl halides is 2. The van der Waals surface area contributed by atoms with Crippen molar-refractivity contribution in [3.8, 4) is 11.5 Å². The van der Waals surface area contributed by atoms with E-state index in [1.807, 2.05) is 0 Å². The van der Waals surface area contributed by atoms with Crippen molar-refractivity contribution in [1.29, 1.82) is 0 Å². The highest BCUT2D eigenvalue weighted by molar-refractivity contribution is 5.43. The van der Waals surface area contributed by atoms with Crippen molar-refractivity contribution in [1.82, 2.24) is 4.90 Å². The van der Waals surface area contributed by atoms with E-state index in [2.05, 4.69) is 9.64 Å². The molecule has 0 radical (unpaired) electrons. The van der Waals surface area contributed by atoms with E-state index < -0.39 is 6.61 Å². The molecule has 0 amide bonds. The number of benzene rings is 1. The fourth-order valence-electron chi connectivity index (χ4n) is 2.27. The standard InChI is InChI=1S/C13H18F2N2O2/c1-18-12-6-9(2-3-11(12)19-13(14)15)7-17-5-4-10(16)8-17/h2-3,6,10,13H,4-5,7-8,16H2,1H3. The lowest BCUT2D eigenvalue weighted by Gasteiger charge is -2.17. The molecule has 1 saturated heterocycles. The average Bonchev–Trinajstić information content (AvgIpc) is 2.76. The Bertz CT molecular complexity index is 429. The summed E-state index contributed by atoms with van der Waals surface area (Å²) in [5.41, 5.74) is 6.84. The van der Waals surface area contributed by atoms with Crippen LogP contribution in [0.1, 0.15) is 12.0 Å². The molecule has 1 heterocycles. The monoisotopic (exact) mass is 272 g/mol. The van der Waals surface area contributed by atoms with Crippen LogP contribution < -0.4 is 15.2 Å². The van der Waals surface area contributed by atoms with Crippen molar-refractivity contribution in [2.24, 2.45) is 5.73 Å². The SMILES string of the molecule is COc1cc(CN2CCC(N)C2)ccc1OC(F)F. The van der Waals surface area contributed by atoms with Crippen LogP contribution in [0.15, 0.2) is 18.2 Å². The van der Waals surface area contributed by atoms with E-state index in [-0.39, 0.29) is 11.8 Å². The van der Waals surface area contributed by atoms with Crippen molar-refractivity contribution in [3.63, 3.8) is 0 Å². The smallest absolute Gasteiger partial charge is 0.387 e. The van der Waals surface area contributed by atoms with E-state index in [0.29, 0.717) is 5.75 Å². The van der Waals surface area contributed by atoms with E-state index in [1.54, 1.807) is 12.1 Å². The maximum atomic E-state index is 12.2. The van der Waals surface area contributed by atoms with Crippen molar-refractivity contribution in [3.05, 3.63) is 23.8 Å². The third-order valence-electron chi connectivity index (χ3n) is 3.16. The Morgan fingerprint density at radius 3 is 2.79 bits per heavy atom. The van der Waals surface area contributed by atoms with Crippen LogP contribution in [0.3, 0.4) is 0 Å². The van der Waals surface area contributed by atoms with Crippen LogP contribution in [0.5, 0.6) is 11.5 Å². The summed E-state index contributed by atoms with van der Waals surface area (Å²) in [6.07, 6.45) is 0.990. The first-order valence-electron chi connectivity index (χ1n) is 6.18. The van der Waals surface area contributed by atoms with Gasteiger partial charge in [0.05, 0.1) is 7.11 Å². The summed E-state index contributed by atoms with van der Waals surface area (Å²) >= 11 is 0. The molecule has 1 aromatic rings. The number of rotatable bonds is 5. The van der Waals surface area contributed by atoms with Gasteiger partial charge in [0.25, 0.3) is 0 Å². The predicted molar refractivity (Wildman–Crippen MR) is 67.5 cm³/mol. The van der Waals surface area contributed by atoms with Crippen LogP contribution >= 0.6 is 0 Å². The summed E-state index contributed by atoms with van der Waals surface area (Å²) in [4.78, 5) is 2.23. The minimum absolute atomic E-state index is 0.0550. The third kappa shape index (κ3) is 3.78. The highest BCUT2D eigenvalue weighted by Crippen LogP contribution is 2.30. The Hall–Kier alpha value is -1.40. The van der Waals surface area contributed by atoms with Gasteiger partial charge in [0.15, 0.2) is 11.5 Å². The fraction of sp³-hybridized carbons (Fsp3) is 0.538. The van der Waals surface area contributed by atoms with Crippen molar-refractivity contribution in [2.45, 2.75) is 25.6 Å². The number of halogens is 2. The van der Waals surface area contributed by atoms with E-state index in [1.165, 1.54) is 13.2 Å². The van der Waals surface area contributed by atoms with Crippen molar-refractivity contribution in [2.75, 3.05) is 20.2 Å². The normalized spacial score (nSPS) is 19.9. The Balaban J connectivity index is 2.06. The molecule has 0 aromatic heterocycles. The zero-order valence-corrected chi connectivity index (χ0v) is 10.8. The van der Waals surface area contributed by atoms with Crippen LogP contribution in [0.2, 0.25) is 0 Å². The van der Waals surface area contributed by atoms with Crippen LogP contribution in [-0.4, -0.2) is 37.8 Å². The lowest BCUT2D eigenvalue weighted by molar-refractivity contribution is -0.0512. The first-order chi connectivity index (χ1) is 9.08. The molecule has 1 aliphatic heterocycles. The lowest BCUT2D eigenvalue weighted by atomic mass is 10.2. The van der Waals surface area contributed by atoms with Gasteiger partial charge in [-0.05, 0) is 24.1 Å². The van der Waals surface area contributed by atoms with Gasteiger partial charge < -0.3 is 15.2 Å². The van der Waals surface area contributed by atoms with Crippen LogP contribution in [0.25, 0.3) is 0 Å². The molecule has 0 saturated carbocycles. The molecule has 6 heteroatoms. The molecule has 4 nitrogen and oxygen atoms in total. The largest absolute Gasteiger partial charge is 0.493 e.